The van der Waals surface area contributed by atoms with E-state index in [1.54, 1.807) is 12.4 Å². The normalized spacial score (nSPS) is 13.8. The fourth-order valence-electron chi connectivity index (χ4n) is 3.69. The summed E-state index contributed by atoms with van der Waals surface area (Å²) in [5.74, 6) is 1.29. The van der Waals surface area contributed by atoms with Crippen molar-refractivity contribution in [1.82, 2.24) is 24.7 Å². The molecule has 0 radical (unpaired) electrons. The van der Waals surface area contributed by atoms with Gasteiger partial charge in [-0.15, -0.1) is 10.2 Å². The zero-order chi connectivity index (χ0) is 19.8. The van der Waals surface area contributed by atoms with E-state index >= 15 is 0 Å². The van der Waals surface area contributed by atoms with E-state index in [4.69, 9.17) is 0 Å². The Morgan fingerprint density at radius 3 is 2.79 bits per heavy atom. The van der Waals surface area contributed by atoms with Crippen LogP contribution in [0.5, 0.6) is 0 Å². The third-order valence-corrected chi connectivity index (χ3v) is 6.27. The molecule has 0 spiro atoms. The van der Waals surface area contributed by atoms with Gasteiger partial charge in [-0.05, 0) is 37.0 Å². The largest absolute Gasteiger partial charge is 0.360 e. The minimum absolute atomic E-state index is 0.102. The van der Waals surface area contributed by atoms with Gasteiger partial charge in [-0.3, -0.25) is 14.3 Å². The third-order valence-electron chi connectivity index (χ3n) is 5.33. The van der Waals surface area contributed by atoms with Gasteiger partial charge in [-0.2, -0.15) is 0 Å². The van der Waals surface area contributed by atoms with Gasteiger partial charge >= 0.3 is 0 Å². The van der Waals surface area contributed by atoms with Crippen LogP contribution in [-0.4, -0.2) is 36.3 Å². The van der Waals surface area contributed by atoms with Crippen molar-refractivity contribution < 1.29 is 4.79 Å². The molecule has 4 aromatic rings. The van der Waals surface area contributed by atoms with Gasteiger partial charge in [0.2, 0.25) is 0 Å². The van der Waals surface area contributed by atoms with Gasteiger partial charge in [-0.25, -0.2) is 0 Å². The molecule has 1 N–H and O–H groups in total. The average Bonchev–Trinajstić information content (AvgIpc) is 3.36. The molecule has 1 aliphatic carbocycles. The van der Waals surface area contributed by atoms with Crippen LogP contribution in [-0.2, 0) is 6.42 Å². The first-order valence-electron chi connectivity index (χ1n) is 9.86. The van der Waals surface area contributed by atoms with Crippen molar-refractivity contribution in [2.75, 3.05) is 5.75 Å². The van der Waals surface area contributed by atoms with Crippen molar-refractivity contribution in [2.45, 2.75) is 37.4 Å². The number of H-pyrrole nitrogens is 1. The summed E-state index contributed by atoms with van der Waals surface area (Å²) < 4.78 is 2.18. The second-order valence-electron chi connectivity index (χ2n) is 7.25. The quantitative estimate of drug-likeness (QED) is 0.358. The SMILES string of the molecule is CCc1cccc2c(C(=O)CSc3nnc(-c4ccncc4)n3C3CC3)c[nH]c12. The summed E-state index contributed by atoms with van der Waals surface area (Å²) in [5.41, 5.74) is 4.03. The van der Waals surface area contributed by atoms with Gasteiger partial charge in [0, 0.05) is 46.7 Å². The van der Waals surface area contributed by atoms with Crippen molar-refractivity contribution >= 4 is 28.4 Å². The molecule has 1 aliphatic rings. The van der Waals surface area contributed by atoms with E-state index in [2.05, 4.69) is 37.7 Å². The highest BCUT2D eigenvalue weighted by Crippen LogP contribution is 2.41. The minimum Gasteiger partial charge on any atom is -0.360 e. The lowest BCUT2D eigenvalue weighted by Gasteiger charge is -2.08. The molecule has 5 rings (SSSR count). The van der Waals surface area contributed by atoms with E-state index in [-0.39, 0.29) is 5.78 Å². The first kappa shape index (κ1) is 18.1. The number of fused-ring (bicyclic) bond motifs is 1. The molecule has 0 aliphatic heterocycles. The number of hydrogen-bond donors (Lipinski definition) is 1. The molecule has 0 unspecified atom stereocenters. The van der Waals surface area contributed by atoms with Crippen LogP contribution in [0.25, 0.3) is 22.3 Å². The number of carbonyl (C=O) groups is 1. The summed E-state index contributed by atoms with van der Waals surface area (Å²) >= 11 is 1.47. The molecule has 7 heteroatoms. The molecule has 3 heterocycles. The van der Waals surface area contributed by atoms with Gasteiger partial charge in [0.25, 0.3) is 0 Å². The Balaban J connectivity index is 1.40. The molecule has 1 fully saturated rings. The summed E-state index contributed by atoms with van der Waals surface area (Å²) in [6.07, 6.45) is 8.54. The summed E-state index contributed by atoms with van der Waals surface area (Å²) in [5, 5.41) is 10.6. The second kappa shape index (κ2) is 7.48. The number of thioether (sulfide) groups is 1. The molecule has 0 saturated heterocycles. The number of nitrogens with zero attached hydrogens (tertiary/aromatic N) is 4. The van der Waals surface area contributed by atoms with Crippen LogP contribution < -0.4 is 0 Å². The Morgan fingerprint density at radius 1 is 1.21 bits per heavy atom. The summed E-state index contributed by atoms with van der Waals surface area (Å²) in [6, 6.07) is 10.4. The van der Waals surface area contributed by atoms with E-state index in [9.17, 15) is 4.79 Å². The number of nitrogens with one attached hydrogen (secondary N) is 1. The first-order chi connectivity index (χ1) is 14.3. The van der Waals surface area contributed by atoms with Crippen LogP contribution in [0.4, 0.5) is 0 Å². The second-order valence-corrected chi connectivity index (χ2v) is 8.19. The monoisotopic (exact) mass is 403 g/mol. The molecule has 29 heavy (non-hydrogen) atoms. The Bertz CT molecular complexity index is 1180. The molecular weight excluding hydrogens is 382 g/mol. The summed E-state index contributed by atoms with van der Waals surface area (Å²) in [7, 11) is 0. The van der Waals surface area contributed by atoms with Crippen LogP contribution in [0, 0.1) is 0 Å². The highest BCUT2D eigenvalue weighted by Gasteiger charge is 2.30. The molecular formula is C22H21N5OS. The van der Waals surface area contributed by atoms with E-state index in [1.807, 2.05) is 30.5 Å². The highest BCUT2D eigenvalue weighted by molar-refractivity contribution is 7.99. The number of rotatable bonds is 7. The van der Waals surface area contributed by atoms with Crippen molar-refractivity contribution in [3.8, 4) is 11.4 Å². The fraction of sp³-hybridized carbons (Fsp3) is 0.273. The Kier molecular flexibility index (Phi) is 4.67. The number of pyridine rings is 1. The van der Waals surface area contributed by atoms with Crippen LogP contribution in [0.3, 0.4) is 0 Å². The number of benzene rings is 1. The molecule has 0 bridgehead atoms. The molecule has 0 atom stereocenters. The van der Waals surface area contributed by atoms with Crippen LogP contribution in [0.15, 0.2) is 54.1 Å². The summed E-state index contributed by atoms with van der Waals surface area (Å²) in [6.45, 7) is 2.12. The van der Waals surface area contributed by atoms with E-state index in [0.29, 0.717) is 11.8 Å². The third kappa shape index (κ3) is 3.35. The standard InChI is InChI=1S/C22H21N5OS/c1-2-14-4-3-5-17-18(12-24-20(14)17)19(28)13-29-22-26-25-21(27(22)16-6-7-16)15-8-10-23-11-9-15/h3-5,8-12,16,24H,2,6-7,13H2,1H3. The van der Waals surface area contributed by atoms with Crippen molar-refractivity contribution in [2.24, 2.45) is 0 Å². The number of Topliss-reactive ketones (excluding diaryl/α,β-unsaturated/α-hetero) is 1. The summed E-state index contributed by atoms with van der Waals surface area (Å²) in [4.78, 5) is 20.3. The number of aryl methyl sites for hydroxylation is 1. The number of aromatic nitrogens is 5. The Hall–Kier alpha value is -2.93. The van der Waals surface area contributed by atoms with Crippen LogP contribution in [0.1, 0.15) is 41.7 Å². The van der Waals surface area contributed by atoms with E-state index in [0.717, 1.165) is 52.3 Å². The minimum atomic E-state index is 0.102. The lowest BCUT2D eigenvalue weighted by molar-refractivity contribution is 0.102. The van der Waals surface area contributed by atoms with Gasteiger partial charge in [0.1, 0.15) is 0 Å². The number of para-hydroxylation sites is 1. The van der Waals surface area contributed by atoms with Crippen molar-refractivity contribution in [3.63, 3.8) is 0 Å². The number of carbonyl (C=O) groups excluding carboxylic acids is 1. The van der Waals surface area contributed by atoms with Crippen LogP contribution in [0.2, 0.25) is 0 Å². The number of ketones is 1. The zero-order valence-electron chi connectivity index (χ0n) is 16.1. The topological polar surface area (TPSA) is 76.5 Å². The predicted molar refractivity (Wildman–Crippen MR) is 114 cm³/mol. The van der Waals surface area contributed by atoms with E-state index in [1.165, 1.54) is 17.3 Å². The van der Waals surface area contributed by atoms with Gasteiger partial charge in [0.15, 0.2) is 16.8 Å². The lowest BCUT2D eigenvalue weighted by Crippen LogP contribution is -2.05. The lowest BCUT2D eigenvalue weighted by atomic mass is 10.1. The molecule has 0 amide bonds. The Morgan fingerprint density at radius 2 is 2.03 bits per heavy atom. The van der Waals surface area contributed by atoms with Gasteiger partial charge in [-0.1, -0.05) is 36.9 Å². The number of aromatic amines is 1. The van der Waals surface area contributed by atoms with Crippen LogP contribution >= 0.6 is 11.8 Å². The van der Waals surface area contributed by atoms with Gasteiger partial charge < -0.3 is 4.98 Å². The molecule has 3 aromatic heterocycles. The zero-order valence-corrected chi connectivity index (χ0v) is 16.9. The van der Waals surface area contributed by atoms with Crippen molar-refractivity contribution in [3.05, 3.63) is 60.0 Å². The predicted octanol–water partition coefficient (Wildman–Crippen LogP) is 4.69. The maximum absolute atomic E-state index is 13.0. The smallest absolute Gasteiger partial charge is 0.192 e. The molecule has 1 aromatic carbocycles. The van der Waals surface area contributed by atoms with Crippen molar-refractivity contribution in [1.29, 1.82) is 0 Å². The Labute approximate surface area is 172 Å². The molecule has 6 nitrogen and oxygen atoms in total. The average molecular weight is 404 g/mol. The van der Waals surface area contributed by atoms with Gasteiger partial charge in [0.05, 0.1) is 5.75 Å². The number of hydrogen-bond acceptors (Lipinski definition) is 5. The van der Waals surface area contributed by atoms with E-state index < -0.39 is 0 Å². The molecule has 1 saturated carbocycles. The first-order valence-corrected chi connectivity index (χ1v) is 10.8. The molecule has 146 valence electrons. The maximum atomic E-state index is 13.0. The fourth-order valence-corrected chi connectivity index (χ4v) is 4.57. The highest BCUT2D eigenvalue weighted by atomic mass is 32.2. The maximum Gasteiger partial charge on any atom is 0.192 e.